The molecule has 0 atom stereocenters. The van der Waals surface area contributed by atoms with Gasteiger partial charge in [0.1, 0.15) is 5.82 Å². The van der Waals surface area contributed by atoms with Crippen LogP contribution in [-0.2, 0) is 6.54 Å². The molecule has 4 heteroatoms. The largest absolute Gasteiger partial charge is 0.384 e. The number of nitrogen functional groups attached to an aromatic ring is 2. The molecule has 9 heavy (non-hydrogen) atoms. The summed E-state index contributed by atoms with van der Waals surface area (Å²) in [6.45, 7) is 2.74. The Labute approximate surface area is 53.5 Å². The van der Waals surface area contributed by atoms with Gasteiger partial charge >= 0.3 is 0 Å². The van der Waals surface area contributed by atoms with Crippen molar-refractivity contribution in [2.75, 3.05) is 11.5 Å². The van der Waals surface area contributed by atoms with Crippen molar-refractivity contribution in [1.29, 1.82) is 0 Å². The summed E-state index contributed by atoms with van der Waals surface area (Å²) in [7, 11) is 0. The normalized spacial score (nSPS) is 9.89. The molecule has 0 aromatic carbocycles. The average molecular weight is 126 g/mol. The number of nitrogens with two attached hydrogens (primary N) is 2. The minimum Gasteiger partial charge on any atom is -0.384 e. The van der Waals surface area contributed by atoms with Crippen molar-refractivity contribution >= 4 is 11.8 Å². The molecular weight excluding hydrogens is 116 g/mol. The van der Waals surface area contributed by atoms with Crippen LogP contribution in [0.2, 0.25) is 0 Å². The van der Waals surface area contributed by atoms with Crippen molar-refractivity contribution in [3.05, 3.63) is 6.20 Å². The van der Waals surface area contributed by atoms with E-state index in [-0.39, 0.29) is 0 Å². The van der Waals surface area contributed by atoms with Gasteiger partial charge in [-0.2, -0.15) is 0 Å². The summed E-state index contributed by atoms with van der Waals surface area (Å²) in [5.74, 6) is 1.10. The van der Waals surface area contributed by atoms with Crippen LogP contribution in [0.3, 0.4) is 0 Å². The van der Waals surface area contributed by atoms with Crippen LogP contribution in [0.4, 0.5) is 11.8 Å². The fourth-order valence-corrected chi connectivity index (χ4v) is 0.748. The van der Waals surface area contributed by atoms with Gasteiger partial charge in [-0.1, -0.05) is 0 Å². The van der Waals surface area contributed by atoms with E-state index in [1.54, 1.807) is 10.8 Å². The lowest BCUT2D eigenvalue weighted by Crippen LogP contribution is -2.04. The molecule has 0 spiro atoms. The minimum absolute atomic E-state index is 0.481. The monoisotopic (exact) mass is 126 g/mol. The average Bonchev–Trinajstić information content (AvgIpc) is 2.12. The second kappa shape index (κ2) is 1.97. The Morgan fingerprint density at radius 1 is 1.67 bits per heavy atom. The lowest BCUT2D eigenvalue weighted by atomic mass is 10.6. The summed E-state index contributed by atoms with van der Waals surface area (Å²) in [5, 5.41) is 0. The molecular formula is C5H10N4. The molecule has 1 aromatic heterocycles. The maximum atomic E-state index is 5.47. The van der Waals surface area contributed by atoms with Crippen molar-refractivity contribution < 1.29 is 0 Å². The second-order valence-electron chi connectivity index (χ2n) is 1.79. The Morgan fingerprint density at radius 3 is 2.56 bits per heavy atom. The fourth-order valence-electron chi connectivity index (χ4n) is 0.748. The smallest absolute Gasteiger partial charge is 0.201 e. The molecule has 0 fully saturated rings. The Balaban J connectivity index is 3.07. The fraction of sp³-hybridized carbons (Fsp3) is 0.400. The molecule has 0 aliphatic heterocycles. The Hall–Kier alpha value is -1.19. The molecule has 4 N–H and O–H groups in total. The van der Waals surface area contributed by atoms with E-state index in [2.05, 4.69) is 4.98 Å². The number of aromatic nitrogens is 2. The molecule has 0 unspecified atom stereocenters. The van der Waals surface area contributed by atoms with Crippen LogP contribution >= 0.6 is 0 Å². The minimum atomic E-state index is 0.481. The standard InChI is InChI=1S/C5H10N4/c1-2-9-4(6)3-8-5(9)7/h3H,2,6H2,1H3,(H2,7,8). The van der Waals surface area contributed by atoms with E-state index in [0.717, 1.165) is 6.54 Å². The van der Waals surface area contributed by atoms with Gasteiger partial charge in [-0.15, -0.1) is 0 Å². The Morgan fingerprint density at radius 2 is 2.33 bits per heavy atom. The zero-order chi connectivity index (χ0) is 6.85. The van der Waals surface area contributed by atoms with Crippen LogP contribution < -0.4 is 11.5 Å². The van der Waals surface area contributed by atoms with Crippen molar-refractivity contribution in [1.82, 2.24) is 9.55 Å². The van der Waals surface area contributed by atoms with Gasteiger partial charge in [0.25, 0.3) is 0 Å². The first-order valence-corrected chi connectivity index (χ1v) is 2.82. The van der Waals surface area contributed by atoms with Crippen LogP contribution in [0.5, 0.6) is 0 Å². The van der Waals surface area contributed by atoms with Gasteiger partial charge in [-0.25, -0.2) is 4.98 Å². The van der Waals surface area contributed by atoms with E-state index in [1.165, 1.54) is 0 Å². The summed E-state index contributed by atoms with van der Waals surface area (Å²) in [6.07, 6.45) is 1.55. The quantitative estimate of drug-likeness (QED) is 0.559. The summed E-state index contributed by atoms with van der Waals surface area (Å²) in [6, 6.07) is 0. The molecule has 50 valence electrons. The van der Waals surface area contributed by atoms with E-state index >= 15 is 0 Å². The molecule has 4 nitrogen and oxygen atoms in total. The zero-order valence-corrected chi connectivity index (χ0v) is 5.33. The summed E-state index contributed by atoms with van der Waals surface area (Å²) < 4.78 is 1.74. The van der Waals surface area contributed by atoms with Crippen LogP contribution in [0.25, 0.3) is 0 Å². The Bertz CT molecular complexity index is 183. The SMILES string of the molecule is CCn1c(N)cnc1N. The topological polar surface area (TPSA) is 69.9 Å². The molecule has 0 bridgehead atoms. The van der Waals surface area contributed by atoms with Gasteiger partial charge < -0.3 is 11.5 Å². The maximum absolute atomic E-state index is 5.47. The molecule has 1 rings (SSSR count). The van der Waals surface area contributed by atoms with Gasteiger partial charge in [-0.05, 0) is 6.92 Å². The Kier molecular flexibility index (Phi) is 1.30. The molecule has 1 aromatic rings. The number of rotatable bonds is 1. The first-order chi connectivity index (χ1) is 4.25. The predicted molar refractivity (Wildman–Crippen MR) is 36.7 cm³/mol. The highest BCUT2D eigenvalue weighted by molar-refractivity contribution is 5.36. The van der Waals surface area contributed by atoms with E-state index in [0.29, 0.717) is 11.8 Å². The van der Waals surface area contributed by atoms with Gasteiger partial charge in [0.05, 0.1) is 6.20 Å². The predicted octanol–water partition coefficient (Wildman–Crippen LogP) is 0.0674. The first kappa shape index (κ1) is 5.94. The number of hydrogen-bond donors (Lipinski definition) is 2. The lowest BCUT2D eigenvalue weighted by molar-refractivity contribution is 0.784. The summed E-state index contributed by atoms with van der Waals surface area (Å²) in [4.78, 5) is 3.80. The third kappa shape index (κ3) is 0.826. The van der Waals surface area contributed by atoms with E-state index in [4.69, 9.17) is 11.5 Å². The van der Waals surface area contributed by atoms with Gasteiger partial charge in [0, 0.05) is 6.54 Å². The van der Waals surface area contributed by atoms with Crippen LogP contribution in [-0.4, -0.2) is 9.55 Å². The summed E-state index contributed by atoms with van der Waals surface area (Å²) >= 11 is 0. The van der Waals surface area contributed by atoms with Crippen molar-refractivity contribution in [2.24, 2.45) is 0 Å². The van der Waals surface area contributed by atoms with E-state index < -0.39 is 0 Å². The highest BCUT2D eigenvalue weighted by Gasteiger charge is 1.98. The molecule has 0 aliphatic rings. The number of imidazole rings is 1. The van der Waals surface area contributed by atoms with Crippen molar-refractivity contribution in [3.8, 4) is 0 Å². The van der Waals surface area contributed by atoms with Gasteiger partial charge in [0.15, 0.2) is 0 Å². The molecule has 0 aliphatic carbocycles. The van der Waals surface area contributed by atoms with Crippen molar-refractivity contribution in [2.45, 2.75) is 13.5 Å². The number of anilines is 2. The van der Waals surface area contributed by atoms with Crippen molar-refractivity contribution in [3.63, 3.8) is 0 Å². The first-order valence-electron chi connectivity index (χ1n) is 2.82. The zero-order valence-electron chi connectivity index (χ0n) is 5.33. The third-order valence-corrected chi connectivity index (χ3v) is 1.23. The van der Waals surface area contributed by atoms with Crippen LogP contribution in [0, 0.1) is 0 Å². The van der Waals surface area contributed by atoms with E-state index in [9.17, 15) is 0 Å². The van der Waals surface area contributed by atoms with Gasteiger partial charge in [-0.3, -0.25) is 4.57 Å². The molecule has 0 saturated carbocycles. The molecule has 0 amide bonds. The lowest BCUT2D eigenvalue weighted by Gasteiger charge is -1.99. The molecule has 0 saturated heterocycles. The van der Waals surface area contributed by atoms with Crippen LogP contribution in [0.15, 0.2) is 6.20 Å². The molecule has 1 heterocycles. The highest BCUT2D eigenvalue weighted by atomic mass is 15.2. The van der Waals surface area contributed by atoms with E-state index in [1.807, 2.05) is 6.92 Å². The summed E-state index contributed by atoms with van der Waals surface area (Å²) in [5.41, 5.74) is 10.9. The molecule has 0 radical (unpaired) electrons. The number of hydrogen-bond acceptors (Lipinski definition) is 3. The number of nitrogens with zero attached hydrogens (tertiary/aromatic N) is 2. The van der Waals surface area contributed by atoms with Crippen LogP contribution in [0.1, 0.15) is 6.92 Å². The maximum Gasteiger partial charge on any atom is 0.201 e. The van der Waals surface area contributed by atoms with Gasteiger partial charge in [0.2, 0.25) is 5.95 Å². The third-order valence-electron chi connectivity index (χ3n) is 1.23. The second-order valence-corrected chi connectivity index (χ2v) is 1.79. The highest BCUT2D eigenvalue weighted by Crippen LogP contribution is 2.06.